The lowest BCUT2D eigenvalue weighted by Gasteiger charge is -2.08. The normalized spacial score (nSPS) is 10.3. The maximum atomic E-state index is 10.9. The van der Waals surface area contributed by atoms with E-state index in [4.69, 9.17) is 11.6 Å². The van der Waals surface area contributed by atoms with Crippen molar-refractivity contribution >= 4 is 54.8 Å². The SMILES string of the molecule is O=[N+]([O-])c1cc(CNc2ccc(Br)c(Cl)c2)ccc1Br. The summed E-state index contributed by atoms with van der Waals surface area (Å²) in [7, 11) is 0. The van der Waals surface area contributed by atoms with Crippen LogP contribution in [-0.4, -0.2) is 4.92 Å². The molecular formula is C13H9Br2ClN2O2. The average molecular weight is 420 g/mol. The second-order valence-corrected chi connectivity index (χ2v) is 6.14. The molecule has 0 fully saturated rings. The number of halogens is 3. The smallest absolute Gasteiger partial charge is 0.283 e. The molecule has 20 heavy (non-hydrogen) atoms. The molecule has 2 rings (SSSR count). The summed E-state index contributed by atoms with van der Waals surface area (Å²) in [4.78, 5) is 10.5. The van der Waals surface area contributed by atoms with E-state index in [0.29, 0.717) is 16.0 Å². The van der Waals surface area contributed by atoms with Crippen LogP contribution in [0.2, 0.25) is 5.02 Å². The molecule has 104 valence electrons. The van der Waals surface area contributed by atoms with Gasteiger partial charge in [-0.25, -0.2) is 0 Å². The Morgan fingerprint density at radius 2 is 1.85 bits per heavy atom. The summed E-state index contributed by atoms with van der Waals surface area (Å²) in [6, 6.07) is 10.5. The first-order valence-electron chi connectivity index (χ1n) is 5.59. The standard InChI is InChI=1S/C13H9Br2ClN2O2/c14-10-4-2-9(6-12(10)16)17-7-8-1-3-11(15)13(5-8)18(19)20/h1-6,17H,7H2. The molecule has 0 radical (unpaired) electrons. The zero-order valence-corrected chi connectivity index (χ0v) is 14.0. The molecule has 0 saturated heterocycles. The third-order valence-electron chi connectivity index (χ3n) is 2.62. The Hall–Kier alpha value is -1.11. The van der Waals surface area contributed by atoms with Crippen LogP contribution in [0.4, 0.5) is 11.4 Å². The van der Waals surface area contributed by atoms with Crippen molar-refractivity contribution in [3.05, 3.63) is 66.0 Å². The Kier molecular flexibility index (Phi) is 5.01. The summed E-state index contributed by atoms with van der Waals surface area (Å²) in [6.45, 7) is 0.478. The number of nitro benzene ring substituents is 1. The van der Waals surface area contributed by atoms with Gasteiger partial charge in [0, 0.05) is 22.8 Å². The van der Waals surface area contributed by atoms with E-state index in [1.165, 1.54) is 6.07 Å². The van der Waals surface area contributed by atoms with Crippen molar-refractivity contribution in [1.82, 2.24) is 0 Å². The fourth-order valence-corrected chi connectivity index (χ4v) is 2.44. The maximum absolute atomic E-state index is 10.9. The molecule has 0 spiro atoms. The molecule has 0 aliphatic carbocycles. The van der Waals surface area contributed by atoms with Gasteiger partial charge >= 0.3 is 0 Å². The minimum absolute atomic E-state index is 0.0538. The molecule has 0 aromatic heterocycles. The maximum Gasteiger partial charge on any atom is 0.283 e. The van der Waals surface area contributed by atoms with Crippen LogP contribution < -0.4 is 5.32 Å². The molecule has 2 aromatic carbocycles. The Balaban J connectivity index is 2.12. The van der Waals surface area contributed by atoms with Crippen LogP contribution in [0.1, 0.15) is 5.56 Å². The highest BCUT2D eigenvalue weighted by Gasteiger charge is 2.12. The number of rotatable bonds is 4. The van der Waals surface area contributed by atoms with Crippen LogP contribution >= 0.6 is 43.5 Å². The van der Waals surface area contributed by atoms with Crippen LogP contribution in [0.25, 0.3) is 0 Å². The second kappa shape index (κ2) is 6.56. The van der Waals surface area contributed by atoms with Gasteiger partial charge in [0.05, 0.1) is 14.4 Å². The highest BCUT2D eigenvalue weighted by Crippen LogP contribution is 2.27. The lowest BCUT2D eigenvalue weighted by atomic mass is 10.2. The molecule has 0 bridgehead atoms. The Morgan fingerprint density at radius 1 is 1.15 bits per heavy atom. The molecule has 4 nitrogen and oxygen atoms in total. The van der Waals surface area contributed by atoms with E-state index in [0.717, 1.165) is 15.7 Å². The van der Waals surface area contributed by atoms with Gasteiger partial charge in [0.2, 0.25) is 0 Å². The summed E-state index contributed by atoms with van der Waals surface area (Å²) in [5.41, 5.74) is 1.72. The lowest BCUT2D eigenvalue weighted by Crippen LogP contribution is -2.00. The van der Waals surface area contributed by atoms with E-state index in [9.17, 15) is 10.1 Å². The number of nitrogens with zero attached hydrogens (tertiary/aromatic N) is 1. The van der Waals surface area contributed by atoms with Crippen molar-refractivity contribution in [2.45, 2.75) is 6.54 Å². The van der Waals surface area contributed by atoms with Crippen molar-refractivity contribution in [2.24, 2.45) is 0 Å². The number of benzene rings is 2. The summed E-state index contributed by atoms with van der Waals surface area (Å²) in [6.07, 6.45) is 0. The molecule has 2 aromatic rings. The van der Waals surface area contributed by atoms with Gasteiger partial charge in [-0.3, -0.25) is 10.1 Å². The highest BCUT2D eigenvalue weighted by atomic mass is 79.9. The molecule has 0 unspecified atom stereocenters. The van der Waals surface area contributed by atoms with Gasteiger partial charge in [-0.05, 0) is 61.7 Å². The zero-order chi connectivity index (χ0) is 14.7. The predicted molar refractivity (Wildman–Crippen MR) is 87.3 cm³/mol. The van der Waals surface area contributed by atoms with Crippen LogP contribution in [0.15, 0.2) is 45.3 Å². The van der Waals surface area contributed by atoms with Gasteiger partial charge in [-0.2, -0.15) is 0 Å². The molecule has 0 heterocycles. The van der Waals surface area contributed by atoms with Gasteiger partial charge < -0.3 is 5.32 Å². The Labute approximate surface area is 137 Å². The fraction of sp³-hybridized carbons (Fsp3) is 0.0769. The number of nitrogens with one attached hydrogen (secondary N) is 1. The van der Waals surface area contributed by atoms with Gasteiger partial charge in [-0.1, -0.05) is 17.7 Å². The lowest BCUT2D eigenvalue weighted by molar-refractivity contribution is -0.385. The van der Waals surface area contributed by atoms with Crippen molar-refractivity contribution in [1.29, 1.82) is 0 Å². The van der Waals surface area contributed by atoms with Crippen LogP contribution in [-0.2, 0) is 6.54 Å². The monoisotopic (exact) mass is 418 g/mol. The third-order valence-corrected chi connectivity index (χ3v) is 4.53. The number of hydrogen-bond donors (Lipinski definition) is 1. The van der Waals surface area contributed by atoms with Gasteiger partial charge in [0.1, 0.15) is 0 Å². The molecule has 0 atom stereocenters. The molecule has 0 aliphatic heterocycles. The van der Waals surface area contributed by atoms with Crippen molar-refractivity contribution in [3.63, 3.8) is 0 Å². The van der Waals surface area contributed by atoms with Crippen LogP contribution in [0.5, 0.6) is 0 Å². The van der Waals surface area contributed by atoms with Gasteiger partial charge in [0.15, 0.2) is 0 Å². The first kappa shape index (κ1) is 15.3. The van der Waals surface area contributed by atoms with Crippen molar-refractivity contribution in [2.75, 3.05) is 5.32 Å². The zero-order valence-electron chi connectivity index (χ0n) is 10.1. The fourth-order valence-electron chi connectivity index (χ4n) is 1.62. The topological polar surface area (TPSA) is 55.2 Å². The predicted octanol–water partition coefficient (Wildman–Crippen LogP) is 5.39. The largest absolute Gasteiger partial charge is 0.381 e. The first-order chi connectivity index (χ1) is 9.47. The second-order valence-electron chi connectivity index (χ2n) is 4.03. The van der Waals surface area contributed by atoms with Gasteiger partial charge in [0.25, 0.3) is 5.69 Å². The molecule has 7 heteroatoms. The van der Waals surface area contributed by atoms with Gasteiger partial charge in [-0.15, -0.1) is 0 Å². The van der Waals surface area contributed by atoms with E-state index in [1.807, 2.05) is 18.2 Å². The summed E-state index contributed by atoms with van der Waals surface area (Å²) < 4.78 is 1.29. The quantitative estimate of drug-likeness (QED) is 0.533. The minimum Gasteiger partial charge on any atom is -0.381 e. The Morgan fingerprint density at radius 3 is 2.50 bits per heavy atom. The average Bonchev–Trinajstić information content (AvgIpc) is 2.41. The third kappa shape index (κ3) is 3.71. The summed E-state index contributed by atoms with van der Waals surface area (Å²) in [5, 5.41) is 14.6. The highest BCUT2D eigenvalue weighted by molar-refractivity contribution is 9.11. The van der Waals surface area contributed by atoms with E-state index in [1.54, 1.807) is 12.1 Å². The number of hydrogen-bond acceptors (Lipinski definition) is 3. The Bertz CT molecular complexity index is 665. The van der Waals surface area contributed by atoms with E-state index < -0.39 is 4.92 Å². The van der Waals surface area contributed by atoms with Crippen molar-refractivity contribution < 1.29 is 4.92 Å². The number of nitro groups is 1. The first-order valence-corrected chi connectivity index (χ1v) is 7.55. The minimum atomic E-state index is -0.413. The van der Waals surface area contributed by atoms with Crippen molar-refractivity contribution in [3.8, 4) is 0 Å². The molecule has 1 N–H and O–H groups in total. The van der Waals surface area contributed by atoms with Crippen LogP contribution in [0.3, 0.4) is 0 Å². The van der Waals surface area contributed by atoms with E-state index in [2.05, 4.69) is 37.2 Å². The molecule has 0 amide bonds. The van der Waals surface area contributed by atoms with E-state index in [-0.39, 0.29) is 5.69 Å². The summed E-state index contributed by atoms with van der Waals surface area (Å²) >= 11 is 12.5. The molecule has 0 aliphatic rings. The number of anilines is 1. The summed E-state index contributed by atoms with van der Waals surface area (Å²) in [5.74, 6) is 0. The van der Waals surface area contributed by atoms with Crippen LogP contribution in [0, 0.1) is 10.1 Å². The molecule has 0 saturated carbocycles. The molecular weight excluding hydrogens is 411 g/mol. The van der Waals surface area contributed by atoms with E-state index >= 15 is 0 Å².